The Hall–Kier alpha value is -4.24. The van der Waals surface area contributed by atoms with Gasteiger partial charge < -0.3 is 29.6 Å². The van der Waals surface area contributed by atoms with Crippen LogP contribution in [0, 0.1) is 0 Å². The van der Waals surface area contributed by atoms with Gasteiger partial charge in [-0.3, -0.25) is 0 Å². The van der Waals surface area contributed by atoms with E-state index < -0.39 is 0 Å². The fourth-order valence-electron chi connectivity index (χ4n) is 3.50. The Kier molecular flexibility index (Phi) is 7.37. The first-order valence-corrected chi connectivity index (χ1v) is 11.1. The zero-order valence-corrected chi connectivity index (χ0v) is 20.7. The van der Waals surface area contributed by atoms with Crippen molar-refractivity contribution >= 4 is 28.7 Å². The molecule has 180 valence electrons. The Morgan fingerprint density at radius 3 is 2.17 bits per heavy atom. The summed E-state index contributed by atoms with van der Waals surface area (Å²) in [6.45, 7) is 0. The number of thiocarbonyl (C=S) groups is 1. The lowest BCUT2D eigenvalue weighted by atomic mass is 10.1. The van der Waals surface area contributed by atoms with Crippen molar-refractivity contribution in [3.05, 3.63) is 72.9 Å². The van der Waals surface area contributed by atoms with Gasteiger partial charge in [-0.25, -0.2) is 4.68 Å². The molecule has 3 aromatic carbocycles. The molecule has 0 aliphatic rings. The van der Waals surface area contributed by atoms with Crippen LogP contribution in [0.25, 0.3) is 16.9 Å². The van der Waals surface area contributed by atoms with Crippen molar-refractivity contribution in [2.24, 2.45) is 0 Å². The highest BCUT2D eigenvalue weighted by Gasteiger charge is 2.10. The predicted octanol–water partition coefficient (Wildman–Crippen LogP) is 5.38. The van der Waals surface area contributed by atoms with Crippen molar-refractivity contribution in [2.75, 3.05) is 39.1 Å². The van der Waals surface area contributed by atoms with Crippen LogP contribution in [-0.4, -0.2) is 43.3 Å². The second-order valence-electron chi connectivity index (χ2n) is 7.41. The smallest absolute Gasteiger partial charge is 0.175 e. The molecule has 0 spiro atoms. The highest BCUT2D eigenvalue weighted by Crippen LogP contribution is 2.32. The van der Waals surface area contributed by atoms with Gasteiger partial charge in [-0.05, 0) is 72.9 Å². The van der Waals surface area contributed by atoms with E-state index >= 15 is 0 Å². The predicted molar refractivity (Wildman–Crippen MR) is 141 cm³/mol. The maximum absolute atomic E-state index is 5.46. The molecule has 0 fully saturated rings. The monoisotopic (exact) mass is 490 g/mol. The number of aromatic nitrogens is 2. The lowest BCUT2D eigenvalue weighted by Gasteiger charge is -2.14. The molecule has 4 aromatic rings. The van der Waals surface area contributed by atoms with E-state index in [2.05, 4.69) is 10.6 Å². The maximum atomic E-state index is 5.46. The molecule has 9 heteroatoms. The Balaban J connectivity index is 1.43. The van der Waals surface area contributed by atoms with E-state index in [4.69, 9.17) is 36.3 Å². The first kappa shape index (κ1) is 23.9. The molecule has 0 saturated carbocycles. The molecule has 0 amide bonds. The molecular formula is C26H26N4O4S. The largest absolute Gasteiger partial charge is 0.497 e. The second kappa shape index (κ2) is 10.8. The van der Waals surface area contributed by atoms with Gasteiger partial charge in [0, 0.05) is 23.5 Å². The van der Waals surface area contributed by atoms with Crippen LogP contribution in [0.1, 0.15) is 0 Å². The van der Waals surface area contributed by atoms with E-state index in [9.17, 15) is 0 Å². The number of ether oxygens (including phenoxy) is 4. The van der Waals surface area contributed by atoms with Crippen molar-refractivity contribution in [3.63, 3.8) is 0 Å². The van der Waals surface area contributed by atoms with Crippen LogP contribution < -0.4 is 29.6 Å². The summed E-state index contributed by atoms with van der Waals surface area (Å²) in [7, 11) is 6.44. The van der Waals surface area contributed by atoms with Gasteiger partial charge in [-0.15, -0.1) is 0 Å². The molecule has 8 nitrogen and oxygen atoms in total. The zero-order valence-electron chi connectivity index (χ0n) is 19.9. The number of methoxy groups -OCH3 is 4. The van der Waals surface area contributed by atoms with Gasteiger partial charge in [-0.2, -0.15) is 5.10 Å². The zero-order chi connectivity index (χ0) is 24.8. The quantitative estimate of drug-likeness (QED) is 0.319. The van der Waals surface area contributed by atoms with E-state index in [0.717, 1.165) is 28.3 Å². The summed E-state index contributed by atoms with van der Waals surface area (Å²) in [5.74, 6) is 2.67. The first-order valence-electron chi connectivity index (χ1n) is 10.7. The Morgan fingerprint density at radius 1 is 0.743 bits per heavy atom. The summed E-state index contributed by atoms with van der Waals surface area (Å²) >= 11 is 5.46. The van der Waals surface area contributed by atoms with Crippen molar-refractivity contribution in [1.82, 2.24) is 9.78 Å². The van der Waals surface area contributed by atoms with Gasteiger partial charge in [0.1, 0.15) is 11.5 Å². The topological polar surface area (TPSA) is 78.8 Å². The van der Waals surface area contributed by atoms with Gasteiger partial charge in [0.2, 0.25) is 0 Å². The summed E-state index contributed by atoms with van der Waals surface area (Å²) in [5.41, 5.74) is 4.25. The molecule has 0 bridgehead atoms. The standard InChI is InChI=1S/C26H26N4O4S/c1-31-20-10-11-22(24(16-20)33-3)28-26(35)27-18-6-8-19(9-7-18)30-14-13-21(29-30)17-5-12-23(32-2)25(15-17)34-4/h5-16H,1-4H3,(H2,27,28,35). The number of hydrogen-bond acceptors (Lipinski definition) is 6. The van der Waals surface area contributed by atoms with Gasteiger partial charge in [0.25, 0.3) is 0 Å². The Bertz CT molecular complexity index is 1320. The maximum Gasteiger partial charge on any atom is 0.175 e. The Labute approximate surface area is 209 Å². The number of benzene rings is 3. The molecule has 2 N–H and O–H groups in total. The molecule has 1 heterocycles. The van der Waals surface area contributed by atoms with Gasteiger partial charge in [0.05, 0.1) is 45.5 Å². The van der Waals surface area contributed by atoms with Crippen LogP contribution >= 0.6 is 12.2 Å². The fraction of sp³-hybridized carbons (Fsp3) is 0.154. The number of nitrogens with zero attached hydrogens (tertiary/aromatic N) is 2. The van der Waals surface area contributed by atoms with E-state index in [1.807, 2.05) is 71.5 Å². The molecule has 0 aliphatic carbocycles. The minimum Gasteiger partial charge on any atom is -0.497 e. The molecular weight excluding hydrogens is 464 g/mol. The summed E-state index contributed by atoms with van der Waals surface area (Å²) in [6, 6.07) is 21.0. The number of hydrogen-bond donors (Lipinski definition) is 2. The normalized spacial score (nSPS) is 10.4. The average Bonchev–Trinajstić information content (AvgIpc) is 3.39. The molecule has 0 saturated heterocycles. The number of anilines is 2. The van der Waals surface area contributed by atoms with Gasteiger partial charge in [-0.1, -0.05) is 0 Å². The van der Waals surface area contributed by atoms with Crippen LogP contribution in [-0.2, 0) is 0 Å². The summed E-state index contributed by atoms with van der Waals surface area (Å²) < 4.78 is 23.2. The third-order valence-electron chi connectivity index (χ3n) is 5.31. The molecule has 0 aliphatic heterocycles. The molecule has 4 rings (SSSR count). The van der Waals surface area contributed by atoms with Crippen LogP contribution in [0.15, 0.2) is 72.9 Å². The lowest BCUT2D eigenvalue weighted by Crippen LogP contribution is -2.19. The highest BCUT2D eigenvalue weighted by atomic mass is 32.1. The van der Waals surface area contributed by atoms with Crippen molar-refractivity contribution in [3.8, 4) is 39.9 Å². The molecule has 0 radical (unpaired) electrons. The number of nitrogens with one attached hydrogen (secondary N) is 2. The third kappa shape index (κ3) is 5.47. The van der Waals surface area contributed by atoms with Gasteiger partial charge in [0.15, 0.2) is 16.6 Å². The fourth-order valence-corrected chi connectivity index (χ4v) is 3.73. The minimum absolute atomic E-state index is 0.441. The first-order chi connectivity index (χ1) is 17.0. The van der Waals surface area contributed by atoms with Gasteiger partial charge >= 0.3 is 0 Å². The molecule has 0 unspecified atom stereocenters. The lowest BCUT2D eigenvalue weighted by molar-refractivity contribution is 0.355. The summed E-state index contributed by atoms with van der Waals surface area (Å²) in [5, 5.41) is 11.5. The second-order valence-corrected chi connectivity index (χ2v) is 7.82. The molecule has 1 aromatic heterocycles. The third-order valence-corrected chi connectivity index (χ3v) is 5.52. The summed E-state index contributed by atoms with van der Waals surface area (Å²) in [6.07, 6.45) is 1.91. The van der Waals surface area contributed by atoms with E-state index in [0.29, 0.717) is 28.1 Å². The van der Waals surface area contributed by atoms with Crippen molar-refractivity contribution < 1.29 is 18.9 Å². The van der Waals surface area contributed by atoms with Crippen molar-refractivity contribution in [1.29, 1.82) is 0 Å². The Morgan fingerprint density at radius 2 is 1.49 bits per heavy atom. The van der Waals surface area contributed by atoms with E-state index in [1.54, 1.807) is 34.5 Å². The van der Waals surface area contributed by atoms with Crippen LogP contribution in [0.5, 0.6) is 23.0 Å². The summed E-state index contributed by atoms with van der Waals surface area (Å²) in [4.78, 5) is 0. The number of rotatable bonds is 8. The molecule has 35 heavy (non-hydrogen) atoms. The van der Waals surface area contributed by atoms with Crippen molar-refractivity contribution in [2.45, 2.75) is 0 Å². The van der Waals surface area contributed by atoms with Crippen LogP contribution in [0.2, 0.25) is 0 Å². The highest BCUT2D eigenvalue weighted by molar-refractivity contribution is 7.80. The average molecular weight is 491 g/mol. The SMILES string of the molecule is COc1ccc(NC(=S)Nc2ccc(-n3ccc(-c4ccc(OC)c(OC)c4)n3)cc2)c(OC)c1. The molecule has 0 atom stereocenters. The van der Waals surface area contributed by atoms with E-state index in [-0.39, 0.29) is 0 Å². The van der Waals surface area contributed by atoms with Crippen LogP contribution in [0.4, 0.5) is 11.4 Å². The van der Waals surface area contributed by atoms with E-state index in [1.165, 1.54) is 0 Å². The minimum atomic E-state index is 0.441. The van der Waals surface area contributed by atoms with Crippen LogP contribution in [0.3, 0.4) is 0 Å².